The van der Waals surface area contributed by atoms with Gasteiger partial charge in [-0.1, -0.05) is 30.3 Å². The number of benzene rings is 2. The first kappa shape index (κ1) is 14.8. The molecule has 0 N–H and O–H groups in total. The van der Waals surface area contributed by atoms with E-state index in [0.717, 1.165) is 0 Å². The second-order valence-electron chi connectivity index (χ2n) is 4.33. The molecular weight excluding hydrogens is 268 g/mol. The van der Waals surface area contributed by atoms with E-state index < -0.39 is 5.97 Å². The lowest BCUT2D eigenvalue weighted by Crippen LogP contribution is -2.13. The summed E-state index contributed by atoms with van der Waals surface area (Å²) in [5.41, 5.74) is 0.791. The smallest absolute Gasteiger partial charge is 0.338 e. The summed E-state index contributed by atoms with van der Waals surface area (Å²) in [7, 11) is 0. The van der Waals surface area contributed by atoms with Crippen LogP contribution in [0.5, 0.6) is 5.75 Å². The second kappa shape index (κ2) is 7.24. The Hall–Kier alpha value is -2.62. The summed E-state index contributed by atoms with van der Waals surface area (Å²) in [6, 6.07) is 15.5. The van der Waals surface area contributed by atoms with Gasteiger partial charge in [0.15, 0.2) is 12.4 Å². The molecule has 0 bridgehead atoms. The number of esters is 1. The van der Waals surface area contributed by atoms with Gasteiger partial charge in [0.25, 0.3) is 0 Å². The number of rotatable bonds is 6. The Morgan fingerprint density at radius 3 is 2.38 bits per heavy atom. The van der Waals surface area contributed by atoms with Crippen molar-refractivity contribution in [3.8, 4) is 5.75 Å². The summed E-state index contributed by atoms with van der Waals surface area (Å²) in [6.45, 7) is 1.96. The van der Waals surface area contributed by atoms with Crippen molar-refractivity contribution in [2.24, 2.45) is 0 Å². The maximum Gasteiger partial charge on any atom is 0.338 e. The normalized spacial score (nSPS) is 9.95. The van der Waals surface area contributed by atoms with Crippen LogP contribution in [0.1, 0.15) is 27.6 Å². The zero-order valence-corrected chi connectivity index (χ0v) is 11.7. The van der Waals surface area contributed by atoms with Gasteiger partial charge >= 0.3 is 5.97 Å². The summed E-state index contributed by atoms with van der Waals surface area (Å²) in [6.07, 6.45) is 0. The molecule has 0 atom stereocenters. The summed E-state index contributed by atoms with van der Waals surface area (Å²) in [5, 5.41) is 0. The monoisotopic (exact) mass is 284 g/mol. The molecule has 0 amide bonds. The summed E-state index contributed by atoms with van der Waals surface area (Å²) in [4.78, 5) is 23.7. The van der Waals surface area contributed by atoms with Crippen LogP contribution in [0.25, 0.3) is 0 Å². The zero-order chi connectivity index (χ0) is 15.1. The SMILES string of the molecule is CCOC(=O)c1cccc(C(=O)COc2ccccc2)c1. The molecule has 0 aromatic heterocycles. The molecule has 0 aliphatic heterocycles. The Kier molecular flexibility index (Phi) is 5.10. The third kappa shape index (κ3) is 4.18. The molecule has 0 fully saturated rings. The molecule has 0 aliphatic rings. The molecule has 4 nitrogen and oxygen atoms in total. The van der Waals surface area contributed by atoms with Gasteiger partial charge in [0.2, 0.25) is 0 Å². The predicted molar refractivity (Wildman–Crippen MR) is 78.7 cm³/mol. The van der Waals surface area contributed by atoms with Crippen molar-refractivity contribution in [1.29, 1.82) is 0 Å². The Bertz CT molecular complexity index is 620. The average molecular weight is 284 g/mol. The first-order chi connectivity index (χ1) is 10.2. The van der Waals surface area contributed by atoms with E-state index >= 15 is 0 Å². The third-order valence-electron chi connectivity index (χ3n) is 2.81. The Balaban J connectivity index is 2.02. The number of ketones is 1. The topological polar surface area (TPSA) is 52.6 Å². The van der Waals surface area contributed by atoms with Crippen LogP contribution in [0.2, 0.25) is 0 Å². The maximum absolute atomic E-state index is 12.1. The van der Waals surface area contributed by atoms with Gasteiger partial charge in [-0.3, -0.25) is 4.79 Å². The van der Waals surface area contributed by atoms with E-state index in [9.17, 15) is 9.59 Å². The predicted octanol–water partition coefficient (Wildman–Crippen LogP) is 3.13. The first-order valence-electron chi connectivity index (χ1n) is 6.69. The van der Waals surface area contributed by atoms with Crippen LogP contribution in [0, 0.1) is 0 Å². The van der Waals surface area contributed by atoms with Gasteiger partial charge < -0.3 is 9.47 Å². The lowest BCUT2D eigenvalue weighted by atomic mass is 10.1. The van der Waals surface area contributed by atoms with Crippen molar-refractivity contribution in [3.05, 3.63) is 65.7 Å². The van der Waals surface area contributed by atoms with E-state index in [1.807, 2.05) is 18.2 Å². The van der Waals surface area contributed by atoms with Gasteiger partial charge in [0.05, 0.1) is 12.2 Å². The highest BCUT2D eigenvalue weighted by atomic mass is 16.5. The average Bonchev–Trinajstić information content (AvgIpc) is 2.54. The number of carbonyl (C=O) groups excluding carboxylic acids is 2. The number of hydrogen-bond donors (Lipinski definition) is 0. The van der Waals surface area contributed by atoms with Crippen molar-refractivity contribution in [1.82, 2.24) is 0 Å². The van der Waals surface area contributed by atoms with Gasteiger partial charge in [-0.05, 0) is 31.2 Å². The molecule has 4 heteroatoms. The van der Waals surface area contributed by atoms with Crippen molar-refractivity contribution in [2.45, 2.75) is 6.92 Å². The summed E-state index contributed by atoms with van der Waals surface area (Å²) < 4.78 is 10.3. The first-order valence-corrected chi connectivity index (χ1v) is 6.69. The molecular formula is C17H16O4. The number of para-hydroxylation sites is 1. The molecule has 108 valence electrons. The van der Waals surface area contributed by atoms with Gasteiger partial charge in [-0.25, -0.2) is 4.79 Å². The quantitative estimate of drug-likeness (QED) is 0.604. The molecule has 0 saturated heterocycles. The highest BCUT2D eigenvalue weighted by Crippen LogP contribution is 2.11. The van der Waals surface area contributed by atoms with E-state index in [0.29, 0.717) is 23.5 Å². The maximum atomic E-state index is 12.1. The van der Waals surface area contributed by atoms with E-state index in [1.54, 1.807) is 37.3 Å². The van der Waals surface area contributed by atoms with Crippen molar-refractivity contribution < 1.29 is 19.1 Å². The van der Waals surface area contributed by atoms with Crippen molar-refractivity contribution >= 4 is 11.8 Å². The van der Waals surface area contributed by atoms with Crippen molar-refractivity contribution in [2.75, 3.05) is 13.2 Å². The van der Waals surface area contributed by atoms with Crippen LogP contribution in [0.3, 0.4) is 0 Å². The largest absolute Gasteiger partial charge is 0.485 e. The minimum absolute atomic E-state index is 0.0731. The van der Waals surface area contributed by atoms with E-state index in [-0.39, 0.29) is 12.4 Å². The standard InChI is InChI=1S/C17H16O4/c1-2-20-17(19)14-8-6-7-13(11-14)16(18)12-21-15-9-4-3-5-10-15/h3-11H,2,12H2,1H3. The molecule has 0 aliphatic carbocycles. The number of Topliss-reactive ketones (excluding diaryl/α,β-unsaturated/α-hetero) is 1. The van der Waals surface area contributed by atoms with Crippen LogP contribution in [-0.2, 0) is 4.74 Å². The molecule has 0 radical (unpaired) electrons. The summed E-state index contributed by atoms with van der Waals surface area (Å²) >= 11 is 0. The van der Waals surface area contributed by atoms with Gasteiger partial charge in [-0.2, -0.15) is 0 Å². The molecule has 0 spiro atoms. The molecule has 0 heterocycles. The Labute approximate surface area is 123 Å². The molecule has 0 saturated carbocycles. The van der Waals surface area contributed by atoms with E-state index in [2.05, 4.69) is 0 Å². The number of carbonyl (C=O) groups is 2. The zero-order valence-electron chi connectivity index (χ0n) is 11.7. The van der Waals surface area contributed by atoms with Crippen LogP contribution in [-0.4, -0.2) is 25.0 Å². The number of hydrogen-bond acceptors (Lipinski definition) is 4. The molecule has 2 rings (SSSR count). The highest BCUT2D eigenvalue weighted by molar-refractivity contribution is 6.00. The van der Waals surface area contributed by atoms with Gasteiger partial charge in [0.1, 0.15) is 5.75 Å². The van der Waals surface area contributed by atoms with Crippen LogP contribution >= 0.6 is 0 Å². The molecule has 0 unspecified atom stereocenters. The minimum Gasteiger partial charge on any atom is -0.485 e. The minimum atomic E-state index is -0.434. The Morgan fingerprint density at radius 1 is 0.952 bits per heavy atom. The fraction of sp³-hybridized carbons (Fsp3) is 0.176. The second-order valence-corrected chi connectivity index (χ2v) is 4.33. The lowest BCUT2D eigenvalue weighted by Gasteiger charge is -2.06. The number of ether oxygens (including phenoxy) is 2. The Morgan fingerprint density at radius 2 is 1.67 bits per heavy atom. The van der Waals surface area contributed by atoms with Gasteiger partial charge in [-0.15, -0.1) is 0 Å². The molecule has 21 heavy (non-hydrogen) atoms. The fourth-order valence-electron chi connectivity index (χ4n) is 1.78. The highest BCUT2D eigenvalue weighted by Gasteiger charge is 2.11. The summed E-state index contributed by atoms with van der Waals surface area (Å²) in [5.74, 6) is 0.00789. The third-order valence-corrected chi connectivity index (χ3v) is 2.81. The fourth-order valence-corrected chi connectivity index (χ4v) is 1.78. The van der Waals surface area contributed by atoms with E-state index in [4.69, 9.17) is 9.47 Å². The lowest BCUT2D eigenvalue weighted by molar-refractivity contribution is 0.0526. The van der Waals surface area contributed by atoms with Crippen LogP contribution in [0.15, 0.2) is 54.6 Å². The van der Waals surface area contributed by atoms with Crippen LogP contribution < -0.4 is 4.74 Å². The van der Waals surface area contributed by atoms with Crippen molar-refractivity contribution in [3.63, 3.8) is 0 Å². The molecule has 2 aromatic rings. The van der Waals surface area contributed by atoms with Gasteiger partial charge in [0, 0.05) is 5.56 Å². The van der Waals surface area contributed by atoms with E-state index in [1.165, 1.54) is 6.07 Å². The molecule has 2 aromatic carbocycles. The van der Waals surface area contributed by atoms with Crippen LogP contribution in [0.4, 0.5) is 0 Å².